The zero-order valence-electron chi connectivity index (χ0n) is 23.5. The van der Waals surface area contributed by atoms with Gasteiger partial charge in [-0.25, -0.2) is 15.0 Å². The van der Waals surface area contributed by atoms with Crippen LogP contribution in [0.25, 0.3) is 0 Å². The van der Waals surface area contributed by atoms with Crippen molar-refractivity contribution in [3.05, 3.63) is 22.7 Å². The largest absolute Gasteiger partial charge is 0.468 e. The molecule has 16 heteroatoms. The van der Waals surface area contributed by atoms with E-state index in [9.17, 15) is 29.2 Å². The smallest absolute Gasteiger partial charge is 0.349 e. The third kappa shape index (κ3) is 7.08. The maximum absolute atomic E-state index is 14.1. The molecule has 0 radical (unpaired) electrons. The fourth-order valence-electron chi connectivity index (χ4n) is 4.96. The summed E-state index contributed by atoms with van der Waals surface area (Å²) in [6.45, 7) is 6.95. The normalized spacial score (nSPS) is 28.6. The zero-order chi connectivity index (χ0) is 30.0. The lowest BCUT2D eigenvalue weighted by atomic mass is 10.1. The Hall–Kier alpha value is -2.39. The molecule has 0 aromatic carbocycles. The van der Waals surface area contributed by atoms with Crippen molar-refractivity contribution < 1.29 is 43.1 Å². The molecule has 0 bridgehead atoms. The molecule has 1 aliphatic carbocycles. The van der Waals surface area contributed by atoms with Gasteiger partial charge >= 0.3 is 25.3 Å². The minimum Gasteiger partial charge on any atom is -0.468 e. The maximum Gasteiger partial charge on any atom is 0.349 e. The number of aliphatic hydroxyl groups excluding tert-OH is 1. The fraction of sp³-hybridized carbons (Fsp3) is 0.750. The Balaban J connectivity index is 1.80. The van der Waals surface area contributed by atoms with Gasteiger partial charge in [0.25, 0.3) is 0 Å². The summed E-state index contributed by atoms with van der Waals surface area (Å²) in [5, 5.41) is 27.2. The van der Waals surface area contributed by atoms with Gasteiger partial charge in [0.05, 0.1) is 32.8 Å². The number of nitrogen functional groups attached to an aromatic ring is 1. The van der Waals surface area contributed by atoms with E-state index in [1.54, 1.807) is 0 Å². The number of hydrogen-bond acceptors (Lipinski definition) is 12. The van der Waals surface area contributed by atoms with E-state index in [4.69, 9.17) is 24.5 Å². The first-order chi connectivity index (χ1) is 18.7. The molecular formula is C24H40N5O10P. The highest BCUT2D eigenvalue weighted by Crippen LogP contribution is 2.62. The summed E-state index contributed by atoms with van der Waals surface area (Å²) in [5.74, 6) is -4.14. The summed E-state index contributed by atoms with van der Waals surface area (Å²) >= 11 is 0. The SMILES string of the molecule is COC(=O)C(CC(C)C)NP(=O)(NC(CC(C)C)C(=O)OC)OCC1OC2(O)C(C1O)C2n1ccc(N)nc1=O. The van der Waals surface area contributed by atoms with Crippen LogP contribution >= 0.6 is 7.67 Å². The van der Waals surface area contributed by atoms with E-state index in [-0.39, 0.29) is 30.5 Å². The summed E-state index contributed by atoms with van der Waals surface area (Å²) in [6, 6.07) is -1.64. The quantitative estimate of drug-likeness (QED) is 0.142. The van der Waals surface area contributed by atoms with Gasteiger partial charge in [-0.15, -0.1) is 0 Å². The molecule has 2 aliphatic rings. The summed E-state index contributed by atoms with van der Waals surface area (Å²) in [4.78, 5) is 40.8. The molecular weight excluding hydrogens is 549 g/mol. The number of carbonyl (C=O) groups excluding carboxylic acids is 2. The van der Waals surface area contributed by atoms with E-state index in [1.807, 2.05) is 27.7 Å². The maximum atomic E-state index is 14.1. The first-order valence-electron chi connectivity index (χ1n) is 13.0. The number of ether oxygens (including phenoxy) is 3. The van der Waals surface area contributed by atoms with Crippen LogP contribution in [0.1, 0.15) is 46.6 Å². The second kappa shape index (κ2) is 12.6. The molecule has 7 atom stereocenters. The van der Waals surface area contributed by atoms with Crippen LogP contribution in [-0.2, 0) is 32.9 Å². The van der Waals surface area contributed by atoms with E-state index < -0.39 is 73.9 Å². The number of methoxy groups -OCH3 is 2. The second-order valence-corrected chi connectivity index (χ2v) is 12.8. The molecule has 6 N–H and O–H groups in total. The summed E-state index contributed by atoms with van der Waals surface area (Å²) in [5.41, 5.74) is 4.81. The lowest BCUT2D eigenvalue weighted by molar-refractivity contribution is -0.161. The average molecular weight is 590 g/mol. The number of carbonyl (C=O) groups is 2. The van der Waals surface area contributed by atoms with Gasteiger partial charge in [0.1, 0.15) is 30.0 Å². The standard InChI is InChI=1S/C24H40N5O10P/c1-12(2)9-14(21(31)36-5)27-40(35,28-15(10-13(3)4)22(32)37-6)38-11-16-19(30)18-20(24(18,34)39-16)29-8-7-17(25)26-23(29)33/h7-8,12-16,18-20,30,34H,9-11H2,1-6H3,(H2,25,26,33)(H2,27,28,35). The molecule has 15 nitrogen and oxygen atoms in total. The molecule has 1 aromatic rings. The Morgan fingerprint density at radius 3 is 2.08 bits per heavy atom. The lowest BCUT2D eigenvalue weighted by Gasteiger charge is -2.30. The molecule has 0 amide bonds. The minimum atomic E-state index is -4.22. The molecule has 2 heterocycles. The van der Waals surface area contributed by atoms with Gasteiger partial charge in [0.15, 0.2) is 5.79 Å². The van der Waals surface area contributed by atoms with Gasteiger partial charge < -0.3 is 34.7 Å². The van der Waals surface area contributed by atoms with Crippen LogP contribution in [0, 0.1) is 17.8 Å². The molecule has 40 heavy (non-hydrogen) atoms. The van der Waals surface area contributed by atoms with Crippen LogP contribution < -0.4 is 21.6 Å². The number of esters is 2. The number of anilines is 1. The van der Waals surface area contributed by atoms with Crippen molar-refractivity contribution in [3.8, 4) is 0 Å². The molecule has 1 saturated heterocycles. The Morgan fingerprint density at radius 1 is 1.15 bits per heavy atom. The Labute approximate surface area is 232 Å². The van der Waals surface area contributed by atoms with Crippen molar-refractivity contribution in [1.82, 2.24) is 19.7 Å². The molecule has 1 aromatic heterocycles. The topological polar surface area (TPSA) is 214 Å². The highest BCUT2D eigenvalue weighted by Gasteiger charge is 2.76. The van der Waals surface area contributed by atoms with Gasteiger partial charge in [-0.3, -0.25) is 18.7 Å². The predicted octanol–water partition coefficient (Wildman–Crippen LogP) is -0.0760. The van der Waals surface area contributed by atoms with Crippen molar-refractivity contribution in [1.29, 1.82) is 0 Å². The highest BCUT2D eigenvalue weighted by molar-refractivity contribution is 7.54. The first kappa shape index (κ1) is 32.1. The Morgan fingerprint density at radius 2 is 1.68 bits per heavy atom. The van der Waals surface area contributed by atoms with Gasteiger partial charge in [0.2, 0.25) is 0 Å². The van der Waals surface area contributed by atoms with Crippen LogP contribution in [0.3, 0.4) is 0 Å². The summed E-state index contributed by atoms with van der Waals surface area (Å²) < 4.78 is 36.3. The molecule has 3 rings (SSSR count). The van der Waals surface area contributed by atoms with Gasteiger partial charge in [-0.2, -0.15) is 4.98 Å². The van der Waals surface area contributed by atoms with E-state index in [1.165, 1.54) is 26.5 Å². The lowest BCUT2D eigenvalue weighted by Crippen LogP contribution is -2.46. The number of nitrogens with one attached hydrogen (secondary N) is 2. The Kier molecular flexibility index (Phi) is 10.2. The molecule has 2 fully saturated rings. The number of hydrogen-bond donors (Lipinski definition) is 5. The van der Waals surface area contributed by atoms with Crippen LogP contribution in [-0.4, -0.2) is 82.6 Å². The predicted molar refractivity (Wildman–Crippen MR) is 142 cm³/mol. The summed E-state index contributed by atoms with van der Waals surface area (Å²) in [7, 11) is -1.83. The average Bonchev–Trinajstić information content (AvgIpc) is 3.37. The molecule has 1 saturated carbocycles. The number of rotatable bonds is 14. The second-order valence-electron chi connectivity index (χ2n) is 10.9. The third-order valence-electron chi connectivity index (χ3n) is 6.83. The third-order valence-corrected chi connectivity index (χ3v) is 8.65. The molecule has 1 aliphatic heterocycles. The molecule has 226 valence electrons. The van der Waals surface area contributed by atoms with E-state index >= 15 is 0 Å². The monoisotopic (exact) mass is 589 g/mol. The van der Waals surface area contributed by atoms with Gasteiger partial charge in [-0.1, -0.05) is 27.7 Å². The molecule has 7 unspecified atom stereocenters. The fourth-order valence-corrected chi connectivity index (χ4v) is 6.78. The number of nitrogens with zero attached hydrogens (tertiary/aromatic N) is 2. The number of nitrogens with two attached hydrogens (primary N) is 1. The number of aliphatic hydroxyl groups is 2. The van der Waals surface area contributed by atoms with Crippen molar-refractivity contribution >= 4 is 25.4 Å². The first-order valence-corrected chi connectivity index (χ1v) is 14.7. The highest BCUT2D eigenvalue weighted by atomic mass is 31.2. The van der Waals surface area contributed by atoms with Gasteiger partial charge in [-0.05, 0) is 30.7 Å². The zero-order valence-corrected chi connectivity index (χ0v) is 24.4. The number of aromatic nitrogens is 2. The molecule has 0 spiro atoms. The van der Waals surface area contributed by atoms with Gasteiger partial charge in [0, 0.05) is 6.20 Å². The Bertz CT molecular complexity index is 1140. The van der Waals surface area contributed by atoms with E-state index in [0.717, 1.165) is 4.57 Å². The number of fused-ring (bicyclic) bond motifs is 1. The summed E-state index contributed by atoms with van der Waals surface area (Å²) in [6.07, 6.45) is -0.634. The van der Waals surface area contributed by atoms with E-state index in [2.05, 4.69) is 15.2 Å². The van der Waals surface area contributed by atoms with Crippen LogP contribution in [0.4, 0.5) is 5.82 Å². The van der Waals surface area contributed by atoms with Crippen molar-refractivity contribution in [2.24, 2.45) is 17.8 Å². The van der Waals surface area contributed by atoms with Crippen LogP contribution in [0.2, 0.25) is 0 Å². The van der Waals surface area contributed by atoms with Crippen molar-refractivity contribution in [2.45, 2.75) is 76.7 Å². The van der Waals surface area contributed by atoms with Crippen molar-refractivity contribution in [3.63, 3.8) is 0 Å². The van der Waals surface area contributed by atoms with Crippen LogP contribution in [0.5, 0.6) is 0 Å². The van der Waals surface area contributed by atoms with Crippen LogP contribution in [0.15, 0.2) is 17.1 Å². The van der Waals surface area contributed by atoms with E-state index in [0.29, 0.717) is 0 Å². The minimum absolute atomic E-state index is 0.00151. The van der Waals surface area contributed by atoms with Crippen molar-refractivity contribution in [2.75, 3.05) is 26.6 Å².